The Labute approximate surface area is 189 Å². The number of carbonyl (C=O) groups is 3. The lowest BCUT2D eigenvalue weighted by molar-refractivity contribution is -0.122. The van der Waals surface area contributed by atoms with Crippen molar-refractivity contribution in [2.75, 3.05) is 19.9 Å². The monoisotopic (exact) mass is 479 g/mol. The minimum atomic E-state index is -2.72. The highest BCUT2D eigenvalue weighted by Crippen LogP contribution is 2.36. The van der Waals surface area contributed by atoms with E-state index < -0.39 is 22.8 Å². The summed E-state index contributed by atoms with van der Waals surface area (Å²) in [6, 6.07) is 8.00. The predicted octanol–water partition coefficient (Wildman–Crippen LogP) is 3.59. The molecule has 1 fully saturated rings. The zero-order valence-corrected chi connectivity index (χ0v) is 17.9. The van der Waals surface area contributed by atoms with Crippen molar-refractivity contribution in [2.24, 2.45) is 0 Å². The van der Waals surface area contributed by atoms with Crippen molar-refractivity contribution in [2.45, 2.75) is 10.8 Å². The molecule has 0 spiro atoms. The lowest BCUT2D eigenvalue weighted by atomic mass is 10.2. The molecule has 12 heteroatoms. The van der Waals surface area contributed by atoms with E-state index in [9.17, 15) is 23.2 Å². The molecular formula is C20H15F2N3O5S2. The summed E-state index contributed by atoms with van der Waals surface area (Å²) >= 11 is 0.961. The van der Waals surface area contributed by atoms with Gasteiger partial charge in [0, 0.05) is 19.3 Å². The molecule has 1 aromatic carbocycles. The van der Waals surface area contributed by atoms with Crippen LogP contribution in [-0.2, 0) is 4.79 Å². The van der Waals surface area contributed by atoms with Crippen LogP contribution < -0.4 is 14.8 Å². The normalized spacial score (nSPS) is 16.3. The smallest absolute Gasteiger partial charge is 0.293 e. The van der Waals surface area contributed by atoms with Crippen molar-refractivity contribution in [3.05, 3.63) is 52.6 Å². The first-order valence-corrected chi connectivity index (χ1v) is 10.9. The van der Waals surface area contributed by atoms with Crippen LogP contribution in [-0.4, -0.2) is 52.6 Å². The maximum atomic E-state index is 12.7. The number of carbonyl (C=O) groups excluding carboxylic acids is 3. The SMILES string of the molecule is O=C(NCCN1C(=O)S/C(=C\c2ccc3c(c2)OCO3)C1=O)c1cccnc1SC(F)F. The van der Waals surface area contributed by atoms with Gasteiger partial charge in [0.2, 0.25) is 6.79 Å². The van der Waals surface area contributed by atoms with Crippen molar-refractivity contribution >= 4 is 46.7 Å². The number of rotatable bonds is 7. The Hall–Kier alpha value is -3.12. The van der Waals surface area contributed by atoms with E-state index in [4.69, 9.17) is 9.47 Å². The van der Waals surface area contributed by atoms with E-state index in [0.29, 0.717) is 17.1 Å². The summed E-state index contributed by atoms with van der Waals surface area (Å²) in [5.74, 6) is -2.66. The Morgan fingerprint density at radius 1 is 1.28 bits per heavy atom. The molecule has 0 aliphatic carbocycles. The number of halogens is 2. The summed E-state index contributed by atoms with van der Waals surface area (Å²) < 4.78 is 35.9. The van der Waals surface area contributed by atoms with E-state index in [1.54, 1.807) is 24.3 Å². The van der Waals surface area contributed by atoms with Crippen molar-refractivity contribution in [3.63, 3.8) is 0 Å². The van der Waals surface area contributed by atoms with Crippen LogP contribution >= 0.6 is 23.5 Å². The highest BCUT2D eigenvalue weighted by molar-refractivity contribution is 8.18. The Kier molecular flexibility index (Phi) is 6.61. The first kappa shape index (κ1) is 22.1. The second-order valence-corrected chi connectivity index (χ2v) is 8.41. The van der Waals surface area contributed by atoms with E-state index in [1.807, 2.05) is 0 Å². The Balaban J connectivity index is 1.37. The number of nitrogens with zero attached hydrogens (tertiary/aromatic N) is 2. The molecule has 0 atom stereocenters. The van der Waals surface area contributed by atoms with Crippen LogP contribution in [0.3, 0.4) is 0 Å². The van der Waals surface area contributed by atoms with Crippen LogP contribution in [0.2, 0.25) is 0 Å². The van der Waals surface area contributed by atoms with E-state index >= 15 is 0 Å². The topological polar surface area (TPSA) is 97.8 Å². The molecule has 3 amide bonds. The van der Waals surface area contributed by atoms with Crippen molar-refractivity contribution in [1.82, 2.24) is 15.2 Å². The van der Waals surface area contributed by atoms with Gasteiger partial charge in [0.1, 0.15) is 5.03 Å². The van der Waals surface area contributed by atoms with Gasteiger partial charge >= 0.3 is 0 Å². The van der Waals surface area contributed by atoms with Crippen LogP contribution in [0.1, 0.15) is 15.9 Å². The number of aromatic nitrogens is 1. The number of imide groups is 1. The van der Waals surface area contributed by atoms with Gasteiger partial charge in [-0.2, -0.15) is 8.78 Å². The largest absolute Gasteiger partial charge is 0.454 e. The summed E-state index contributed by atoms with van der Waals surface area (Å²) in [6.45, 7) is 0.0245. The van der Waals surface area contributed by atoms with E-state index in [-0.39, 0.29) is 47.1 Å². The fourth-order valence-corrected chi connectivity index (χ4v) is 4.41. The van der Waals surface area contributed by atoms with Crippen LogP contribution in [0.4, 0.5) is 13.6 Å². The first-order valence-electron chi connectivity index (χ1n) is 9.25. The van der Waals surface area contributed by atoms with Crippen LogP contribution in [0.5, 0.6) is 11.5 Å². The van der Waals surface area contributed by atoms with Crippen molar-refractivity contribution in [3.8, 4) is 11.5 Å². The molecule has 0 unspecified atom stereocenters. The van der Waals surface area contributed by atoms with Gasteiger partial charge in [-0.25, -0.2) is 4.98 Å². The molecule has 0 radical (unpaired) electrons. The third-order valence-corrected chi connectivity index (χ3v) is 6.04. The van der Waals surface area contributed by atoms with Crippen LogP contribution in [0, 0.1) is 0 Å². The molecule has 1 aromatic heterocycles. The molecule has 4 rings (SSSR count). The van der Waals surface area contributed by atoms with Gasteiger partial charge in [0.25, 0.3) is 22.8 Å². The number of nitrogens with one attached hydrogen (secondary N) is 1. The number of pyridine rings is 1. The summed E-state index contributed by atoms with van der Waals surface area (Å²) in [5.41, 5.74) is 0.670. The van der Waals surface area contributed by atoms with E-state index in [2.05, 4.69) is 10.3 Å². The molecule has 166 valence electrons. The van der Waals surface area contributed by atoms with Gasteiger partial charge < -0.3 is 14.8 Å². The number of benzene rings is 1. The number of hydrogen-bond acceptors (Lipinski definition) is 8. The highest BCUT2D eigenvalue weighted by atomic mass is 32.2. The molecule has 1 N–H and O–H groups in total. The lowest BCUT2D eigenvalue weighted by Gasteiger charge is -2.13. The number of fused-ring (bicyclic) bond motifs is 1. The third-order valence-electron chi connectivity index (χ3n) is 4.41. The Morgan fingerprint density at radius 2 is 2.09 bits per heavy atom. The maximum absolute atomic E-state index is 12.7. The number of hydrogen-bond donors (Lipinski definition) is 1. The fourth-order valence-electron chi connectivity index (χ4n) is 2.97. The minimum absolute atomic E-state index is 0.00496. The second kappa shape index (κ2) is 9.57. The van der Waals surface area contributed by atoms with E-state index in [1.165, 1.54) is 18.3 Å². The molecule has 0 bridgehead atoms. The molecule has 1 saturated heterocycles. The predicted molar refractivity (Wildman–Crippen MR) is 114 cm³/mol. The highest BCUT2D eigenvalue weighted by Gasteiger charge is 2.34. The van der Waals surface area contributed by atoms with Gasteiger partial charge in [-0.1, -0.05) is 6.07 Å². The minimum Gasteiger partial charge on any atom is -0.454 e. The molecular weight excluding hydrogens is 464 g/mol. The van der Waals surface area contributed by atoms with Gasteiger partial charge in [-0.15, -0.1) is 0 Å². The van der Waals surface area contributed by atoms with Gasteiger partial charge in [-0.05, 0) is 59.4 Å². The standard InChI is InChI=1S/C20H15F2N3O5S2/c21-19(22)32-17-12(2-1-5-24-17)16(26)23-6-7-25-18(27)15(31-20(25)28)9-11-3-4-13-14(8-11)30-10-29-13/h1-5,8-9,19H,6-7,10H2,(H,23,26)/b15-9-. The van der Waals surface area contributed by atoms with Crippen molar-refractivity contribution in [1.29, 1.82) is 0 Å². The molecule has 0 saturated carbocycles. The molecule has 2 aliphatic heterocycles. The van der Waals surface area contributed by atoms with E-state index in [0.717, 1.165) is 16.7 Å². The molecule has 3 heterocycles. The number of ether oxygens (including phenoxy) is 2. The first-order chi connectivity index (χ1) is 15.4. The maximum Gasteiger partial charge on any atom is 0.293 e. The molecule has 2 aliphatic rings. The van der Waals surface area contributed by atoms with Crippen LogP contribution in [0.25, 0.3) is 6.08 Å². The Morgan fingerprint density at radius 3 is 2.91 bits per heavy atom. The van der Waals surface area contributed by atoms with Gasteiger partial charge in [0.05, 0.1) is 10.5 Å². The second-order valence-electron chi connectivity index (χ2n) is 6.44. The zero-order valence-electron chi connectivity index (χ0n) is 16.2. The quantitative estimate of drug-likeness (QED) is 0.475. The van der Waals surface area contributed by atoms with Gasteiger partial charge in [-0.3, -0.25) is 19.3 Å². The van der Waals surface area contributed by atoms with Gasteiger partial charge in [0.15, 0.2) is 11.5 Å². The number of amides is 3. The fraction of sp³-hybridized carbons (Fsp3) is 0.200. The average molecular weight is 479 g/mol. The average Bonchev–Trinajstić information content (AvgIpc) is 3.33. The molecule has 2 aromatic rings. The Bertz CT molecular complexity index is 1110. The van der Waals surface area contributed by atoms with Crippen molar-refractivity contribution < 1.29 is 32.6 Å². The van der Waals surface area contributed by atoms with Crippen LogP contribution in [0.15, 0.2) is 46.5 Å². The zero-order chi connectivity index (χ0) is 22.7. The lowest BCUT2D eigenvalue weighted by Crippen LogP contribution is -2.37. The number of alkyl halides is 2. The summed E-state index contributed by atoms with van der Waals surface area (Å²) in [5, 5.41) is 1.97. The summed E-state index contributed by atoms with van der Waals surface area (Å²) in [7, 11) is 0. The molecule has 8 nitrogen and oxygen atoms in total. The summed E-state index contributed by atoms with van der Waals surface area (Å²) in [4.78, 5) is 42.3. The summed E-state index contributed by atoms with van der Waals surface area (Å²) in [6.07, 6.45) is 2.89. The third kappa shape index (κ3) is 4.86. The number of thioether (sulfide) groups is 2. The molecule has 32 heavy (non-hydrogen) atoms.